The van der Waals surface area contributed by atoms with Crippen molar-refractivity contribution in [2.24, 2.45) is 5.41 Å². The molecule has 0 radical (unpaired) electrons. The summed E-state index contributed by atoms with van der Waals surface area (Å²) in [5.74, 6) is -0.318. The van der Waals surface area contributed by atoms with Crippen molar-refractivity contribution in [2.75, 3.05) is 6.61 Å². The average Bonchev–Trinajstić information content (AvgIpc) is 2.41. The van der Waals surface area contributed by atoms with Crippen LogP contribution in [-0.2, 0) is 14.3 Å². The Balaban J connectivity index is 2.30. The van der Waals surface area contributed by atoms with Gasteiger partial charge in [-0.15, -0.1) is 0 Å². The van der Waals surface area contributed by atoms with Crippen LogP contribution in [0.3, 0.4) is 0 Å². The van der Waals surface area contributed by atoms with Crippen LogP contribution in [0.15, 0.2) is 0 Å². The molecule has 1 fully saturated rings. The van der Waals surface area contributed by atoms with Crippen LogP contribution in [-0.4, -0.2) is 41.3 Å². The van der Waals surface area contributed by atoms with Gasteiger partial charge >= 0.3 is 5.97 Å². The summed E-state index contributed by atoms with van der Waals surface area (Å²) in [4.78, 5) is 11.4. The lowest BCUT2D eigenvalue weighted by Gasteiger charge is -2.18. The first-order valence-corrected chi connectivity index (χ1v) is 4.99. The molecule has 0 bridgehead atoms. The van der Waals surface area contributed by atoms with E-state index in [1.54, 1.807) is 20.8 Å². The molecule has 1 saturated heterocycles. The molecule has 0 unspecified atom stereocenters. The molecule has 0 saturated carbocycles. The SMILES string of the molecule is CC(C)(C)C(=O)OC[C@@H]1C[C@@H](O)[C@@H](O)O1. The molecule has 0 aliphatic carbocycles. The Bertz CT molecular complexity index is 222. The quantitative estimate of drug-likeness (QED) is 0.640. The second kappa shape index (κ2) is 4.47. The summed E-state index contributed by atoms with van der Waals surface area (Å²) in [5, 5.41) is 18.3. The summed E-state index contributed by atoms with van der Waals surface area (Å²) in [6.07, 6.45) is -2.17. The standard InChI is InChI=1S/C10H18O5/c1-10(2,3)9(13)14-5-6-4-7(11)8(12)15-6/h6-8,11-12H,4-5H2,1-3H3/t6-,7+,8-/m0/s1. The third-order valence-electron chi connectivity index (χ3n) is 2.18. The number of aliphatic hydroxyl groups excluding tert-OH is 2. The van der Waals surface area contributed by atoms with Gasteiger partial charge in [-0.1, -0.05) is 0 Å². The summed E-state index contributed by atoms with van der Waals surface area (Å²) in [5.41, 5.74) is -0.546. The maximum absolute atomic E-state index is 11.4. The Hall–Kier alpha value is -0.650. The number of rotatable bonds is 2. The molecular formula is C10H18O5. The number of hydrogen-bond donors (Lipinski definition) is 2. The molecule has 0 amide bonds. The minimum atomic E-state index is -1.16. The molecule has 15 heavy (non-hydrogen) atoms. The summed E-state index contributed by atoms with van der Waals surface area (Å²) >= 11 is 0. The van der Waals surface area contributed by atoms with E-state index in [1.807, 2.05) is 0 Å². The first-order valence-electron chi connectivity index (χ1n) is 4.99. The predicted molar refractivity (Wildman–Crippen MR) is 51.9 cm³/mol. The van der Waals surface area contributed by atoms with E-state index in [1.165, 1.54) is 0 Å². The fourth-order valence-corrected chi connectivity index (χ4v) is 1.22. The van der Waals surface area contributed by atoms with Gasteiger partial charge in [0.15, 0.2) is 6.29 Å². The Kier molecular flexibility index (Phi) is 3.70. The third-order valence-corrected chi connectivity index (χ3v) is 2.18. The zero-order valence-electron chi connectivity index (χ0n) is 9.27. The van der Waals surface area contributed by atoms with Crippen LogP contribution in [0.4, 0.5) is 0 Å². The van der Waals surface area contributed by atoms with Gasteiger partial charge in [-0.2, -0.15) is 0 Å². The first kappa shape index (κ1) is 12.4. The van der Waals surface area contributed by atoms with Gasteiger partial charge in [-0.05, 0) is 20.8 Å². The molecule has 1 aliphatic heterocycles. The van der Waals surface area contributed by atoms with Crippen molar-refractivity contribution >= 4 is 5.97 Å². The van der Waals surface area contributed by atoms with E-state index < -0.39 is 23.9 Å². The molecule has 0 spiro atoms. The van der Waals surface area contributed by atoms with E-state index in [0.29, 0.717) is 6.42 Å². The number of ether oxygens (including phenoxy) is 2. The van der Waals surface area contributed by atoms with Crippen molar-refractivity contribution in [1.29, 1.82) is 0 Å². The fourth-order valence-electron chi connectivity index (χ4n) is 1.22. The molecular weight excluding hydrogens is 200 g/mol. The van der Waals surface area contributed by atoms with Crippen LogP contribution >= 0.6 is 0 Å². The van der Waals surface area contributed by atoms with Gasteiger partial charge < -0.3 is 19.7 Å². The minimum Gasteiger partial charge on any atom is -0.463 e. The highest BCUT2D eigenvalue weighted by atomic mass is 16.6. The van der Waals surface area contributed by atoms with Crippen molar-refractivity contribution in [3.8, 4) is 0 Å². The van der Waals surface area contributed by atoms with Crippen molar-refractivity contribution in [3.63, 3.8) is 0 Å². The van der Waals surface area contributed by atoms with E-state index in [4.69, 9.17) is 14.6 Å². The highest BCUT2D eigenvalue weighted by molar-refractivity contribution is 5.75. The summed E-state index contributed by atoms with van der Waals surface area (Å²) in [7, 11) is 0. The molecule has 1 aliphatic rings. The molecule has 3 atom stereocenters. The predicted octanol–water partition coefficient (Wildman–Crippen LogP) is 0.0439. The van der Waals surface area contributed by atoms with E-state index in [9.17, 15) is 9.90 Å². The molecule has 1 heterocycles. The maximum atomic E-state index is 11.4. The topological polar surface area (TPSA) is 76.0 Å². The molecule has 5 heteroatoms. The van der Waals surface area contributed by atoms with E-state index in [2.05, 4.69) is 0 Å². The molecule has 5 nitrogen and oxygen atoms in total. The number of esters is 1. The minimum absolute atomic E-state index is 0.0736. The van der Waals surface area contributed by atoms with E-state index in [0.717, 1.165) is 0 Å². The van der Waals surface area contributed by atoms with Crippen LogP contribution in [0.25, 0.3) is 0 Å². The van der Waals surface area contributed by atoms with Gasteiger partial charge in [-0.3, -0.25) is 4.79 Å². The largest absolute Gasteiger partial charge is 0.463 e. The summed E-state index contributed by atoms with van der Waals surface area (Å²) in [6.45, 7) is 5.35. The van der Waals surface area contributed by atoms with Crippen molar-refractivity contribution in [3.05, 3.63) is 0 Å². The Morgan fingerprint density at radius 3 is 2.47 bits per heavy atom. The Morgan fingerprint density at radius 2 is 2.07 bits per heavy atom. The number of carbonyl (C=O) groups excluding carboxylic acids is 1. The van der Waals surface area contributed by atoms with Crippen LogP contribution in [0, 0.1) is 5.41 Å². The Labute approximate surface area is 89.0 Å². The van der Waals surface area contributed by atoms with Gasteiger partial charge in [0.05, 0.1) is 11.5 Å². The molecule has 2 N–H and O–H groups in total. The van der Waals surface area contributed by atoms with E-state index in [-0.39, 0.29) is 12.6 Å². The van der Waals surface area contributed by atoms with Crippen molar-refractivity contribution < 1.29 is 24.5 Å². The average molecular weight is 218 g/mol. The maximum Gasteiger partial charge on any atom is 0.311 e. The second-order valence-corrected chi connectivity index (χ2v) is 4.80. The summed E-state index contributed by atoms with van der Waals surface area (Å²) in [6, 6.07) is 0. The molecule has 0 aromatic carbocycles. The number of aliphatic hydroxyl groups is 2. The molecule has 0 aromatic rings. The normalized spacial score (nSPS) is 31.7. The van der Waals surface area contributed by atoms with Gasteiger partial charge in [-0.25, -0.2) is 0 Å². The zero-order valence-corrected chi connectivity index (χ0v) is 9.27. The second-order valence-electron chi connectivity index (χ2n) is 4.80. The smallest absolute Gasteiger partial charge is 0.311 e. The van der Waals surface area contributed by atoms with Gasteiger partial charge in [0, 0.05) is 6.42 Å². The first-order chi connectivity index (χ1) is 6.80. The fraction of sp³-hybridized carbons (Fsp3) is 0.900. The van der Waals surface area contributed by atoms with Gasteiger partial charge in [0.25, 0.3) is 0 Å². The lowest BCUT2D eigenvalue weighted by atomic mass is 9.97. The van der Waals surface area contributed by atoms with Crippen molar-refractivity contribution in [1.82, 2.24) is 0 Å². The van der Waals surface area contributed by atoms with Crippen LogP contribution in [0.5, 0.6) is 0 Å². The van der Waals surface area contributed by atoms with Crippen molar-refractivity contribution in [2.45, 2.75) is 45.7 Å². The van der Waals surface area contributed by atoms with Gasteiger partial charge in [0.1, 0.15) is 12.7 Å². The van der Waals surface area contributed by atoms with Crippen LogP contribution in [0.2, 0.25) is 0 Å². The lowest BCUT2D eigenvalue weighted by molar-refractivity contribution is -0.164. The zero-order chi connectivity index (χ0) is 11.6. The Morgan fingerprint density at radius 1 is 1.47 bits per heavy atom. The highest BCUT2D eigenvalue weighted by Crippen LogP contribution is 2.20. The molecule has 0 aromatic heterocycles. The molecule has 1 rings (SSSR count). The summed E-state index contributed by atoms with van der Waals surface area (Å²) < 4.78 is 9.97. The highest BCUT2D eigenvalue weighted by Gasteiger charge is 2.34. The lowest BCUT2D eigenvalue weighted by Crippen LogP contribution is -2.27. The van der Waals surface area contributed by atoms with Gasteiger partial charge in [0.2, 0.25) is 0 Å². The number of hydrogen-bond acceptors (Lipinski definition) is 5. The number of carbonyl (C=O) groups is 1. The van der Waals surface area contributed by atoms with Crippen LogP contribution in [0.1, 0.15) is 27.2 Å². The van der Waals surface area contributed by atoms with Crippen LogP contribution < -0.4 is 0 Å². The molecule has 88 valence electrons. The van der Waals surface area contributed by atoms with E-state index >= 15 is 0 Å². The monoisotopic (exact) mass is 218 g/mol. The third kappa shape index (κ3) is 3.44.